The van der Waals surface area contributed by atoms with Crippen LogP contribution in [0, 0.1) is 5.92 Å². The second kappa shape index (κ2) is 4.74. The van der Waals surface area contributed by atoms with Crippen LogP contribution in [0.5, 0.6) is 0 Å². The zero-order valence-electron chi connectivity index (χ0n) is 7.63. The van der Waals surface area contributed by atoms with Crippen LogP contribution in [0.2, 0.25) is 0 Å². The van der Waals surface area contributed by atoms with E-state index in [2.05, 4.69) is 5.32 Å². The maximum atomic E-state index is 10.7. The van der Waals surface area contributed by atoms with Crippen molar-refractivity contribution in [3.8, 4) is 0 Å². The summed E-state index contributed by atoms with van der Waals surface area (Å²) < 4.78 is 0. The van der Waals surface area contributed by atoms with Gasteiger partial charge in [0.2, 0.25) is 0 Å². The smallest absolute Gasteiger partial charge is 0.394 e. The Hall–Kier alpha value is -1.06. The minimum Gasteiger partial charge on any atom is -0.474 e. The highest BCUT2D eigenvalue weighted by Crippen LogP contribution is 2.04. The highest BCUT2D eigenvalue weighted by atomic mass is 16.4. The third-order valence-corrected chi connectivity index (χ3v) is 1.76. The molecule has 0 aromatic heterocycles. The molecular formula is C8H15NO3. The van der Waals surface area contributed by atoms with Gasteiger partial charge < -0.3 is 10.4 Å². The number of carbonyl (C=O) groups is 2. The fourth-order valence-corrected chi connectivity index (χ4v) is 0.970. The molecule has 0 spiro atoms. The highest BCUT2D eigenvalue weighted by Gasteiger charge is 2.18. The lowest BCUT2D eigenvalue weighted by Gasteiger charge is -2.18. The second-order valence-electron chi connectivity index (χ2n) is 3.04. The standard InChI is InChI=1S/C8H15NO3/c1-4-6(5(2)3)9-7(10)8(11)12/h5-6H,4H2,1-3H3,(H,9,10)(H,11,12). The van der Waals surface area contributed by atoms with Crippen LogP contribution in [0.3, 0.4) is 0 Å². The molecule has 0 saturated carbocycles. The van der Waals surface area contributed by atoms with Gasteiger partial charge in [-0.25, -0.2) is 4.79 Å². The summed E-state index contributed by atoms with van der Waals surface area (Å²) in [5.74, 6) is -2.08. The fraction of sp³-hybridized carbons (Fsp3) is 0.750. The molecule has 0 fully saturated rings. The summed E-state index contributed by atoms with van der Waals surface area (Å²) in [6, 6.07) is -0.0476. The molecule has 1 atom stereocenters. The van der Waals surface area contributed by atoms with E-state index in [1.165, 1.54) is 0 Å². The Balaban J connectivity index is 4.03. The van der Waals surface area contributed by atoms with Gasteiger partial charge in [-0.05, 0) is 12.3 Å². The quantitative estimate of drug-likeness (QED) is 0.615. The Kier molecular flexibility index (Phi) is 4.33. The van der Waals surface area contributed by atoms with Crippen LogP contribution in [-0.2, 0) is 9.59 Å². The van der Waals surface area contributed by atoms with E-state index in [1.54, 1.807) is 0 Å². The third kappa shape index (κ3) is 3.37. The van der Waals surface area contributed by atoms with Crippen LogP contribution in [-0.4, -0.2) is 23.0 Å². The molecule has 0 aromatic carbocycles. The summed E-state index contributed by atoms with van der Waals surface area (Å²) >= 11 is 0. The molecule has 0 saturated heterocycles. The Morgan fingerprint density at radius 2 is 1.92 bits per heavy atom. The zero-order valence-corrected chi connectivity index (χ0v) is 7.63. The number of carbonyl (C=O) groups excluding carboxylic acids is 1. The molecule has 0 aliphatic rings. The number of carboxylic acids is 1. The van der Waals surface area contributed by atoms with Crippen LogP contribution in [0.1, 0.15) is 27.2 Å². The lowest BCUT2D eigenvalue weighted by Crippen LogP contribution is -2.41. The predicted octanol–water partition coefficient (Wildman–Crippen LogP) is 0.622. The van der Waals surface area contributed by atoms with Crippen LogP contribution >= 0.6 is 0 Å². The van der Waals surface area contributed by atoms with Gasteiger partial charge in [0.05, 0.1) is 0 Å². The molecule has 12 heavy (non-hydrogen) atoms. The number of carboxylic acid groups (broad SMARTS) is 1. The Bertz CT molecular complexity index is 177. The van der Waals surface area contributed by atoms with E-state index < -0.39 is 11.9 Å². The van der Waals surface area contributed by atoms with Crippen molar-refractivity contribution in [2.75, 3.05) is 0 Å². The summed E-state index contributed by atoms with van der Waals surface area (Å²) in [6.07, 6.45) is 0.747. The minimum absolute atomic E-state index is 0.0476. The maximum Gasteiger partial charge on any atom is 0.394 e. The van der Waals surface area contributed by atoms with Crippen molar-refractivity contribution in [2.45, 2.75) is 33.2 Å². The van der Waals surface area contributed by atoms with E-state index in [1.807, 2.05) is 20.8 Å². The van der Waals surface area contributed by atoms with Gasteiger partial charge >= 0.3 is 11.9 Å². The predicted molar refractivity (Wildman–Crippen MR) is 44.7 cm³/mol. The molecule has 0 aliphatic carbocycles. The van der Waals surface area contributed by atoms with Crippen molar-refractivity contribution < 1.29 is 14.7 Å². The van der Waals surface area contributed by atoms with Gasteiger partial charge in [-0.1, -0.05) is 20.8 Å². The van der Waals surface area contributed by atoms with Crippen molar-refractivity contribution >= 4 is 11.9 Å². The van der Waals surface area contributed by atoms with Crippen LogP contribution in [0.25, 0.3) is 0 Å². The molecular weight excluding hydrogens is 158 g/mol. The van der Waals surface area contributed by atoms with Crippen molar-refractivity contribution in [2.24, 2.45) is 5.92 Å². The van der Waals surface area contributed by atoms with E-state index in [9.17, 15) is 9.59 Å². The summed E-state index contributed by atoms with van der Waals surface area (Å²) in [5, 5.41) is 10.7. The van der Waals surface area contributed by atoms with Gasteiger partial charge in [0.25, 0.3) is 0 Å². The molecule has 1 unspecified atom stereocenters. The zero-order chi connectivity index (χ0) is 9.72. The first-order valence-corrected chi connectivity index (χ1v) is 4.02. The first-order chi connectivity index (χ1) is 5.49. The molecule has 0 heterocycles. The molecule has 4 nitrogen and oxygen atoms in total. The van der Waals surface area contributed by atoms with Crippen LogP contribution in [0.15, 0.2) is 0 Å². The number of rotatable bonds is 3. The molecule has 1 amide bonds. The topological polar surface area (TPSA) is 66.4 Å². The van der Waals surface area contributed by atoms with Gasteiger partial charge in [0.15, 0.2) is 0 Å². The highest BCUT2D eigenvalue weighted by molar-refractivity contribution is 6.31. The largest absolute Gasteiger partial charge is 0.474 e. The number of hydrogen-bond acceptors (Lipinski definition) is 2. The third-order valence-electron chi connectivity index (χ3n) is 1.76. The van der Waals surface area contributed by atoms with Crippen molar-refractivity contribution in [1.82, 2.24) is 5.32 Å². The number of hydrogen-bond donors (Lipinski definition) is 2. The van der Waals surface area contributed by atoms with E-state index >= 15 is 0 Å². The normalized spacial score (nSPS) is 12.7. The summed E-state index contributed by atoms with van der Waals surface area (Å²) in [7, 11) is 0. The molecule has 0 aliphatic heterocycles. The van der Waals surface area contributed by atoms with Crippen molar-refractivity contribution in [3.05, 3.63) is 0 Å². The lowest BCUT2D eigenvalue weighted by molar-refractivity contribution is -0.150. The average Bonchev–Trinajstić information content (AvgIpc) is 1.98. The number of amides is 1. The monoisotopic (exact) mass is 173 g/mol. The molecule has 70 valence electrons. The molecule has 0 aromatic rings. The summed E-state index contributed by atoms with van der Waals surface area (Å²) in [6.45, 7) is 5.79. The fourth-order valence-electron chi connectivity index (χ4n) is 0.970. The van der Waals surface area contributed by atoms with Gasteiger partial charge in [0.1, 0.15) is 0 Å². The van der Waals surface area contributed by atoms with Crippen molar-refractivity contribution in [1.29, 1.82) is 0 Å². The first-order valence-electron chi connectivity index (χ1n) is 4.02. The lowest BCUT2D eigenvalue weighted by atomic mass is 10.0. The van der Waals surface area contributed by atoms with E-state index in [0.29, 0.717) is 0 Å². The van der Waals surface area contributed by atoms with E-state index in [0.717, 1.165) is 6.42 Å². The maximum absolute atomic E-state index is 10.7. The molecule has 4 heteroatoms. The molecule has 0 rings (SSSR count). The number of aliphatic carboxylic acids is 1. The first kappa shape index (κ1) is 10.9. The molecule has 0 radical (unpaired) electrons. The van der Waals surface area contributed by atoms with Gasteiger partial charge in [0, 0.05) is 6.04 Å². The molecule has 0 bridgehead atoms. The van der Waals surface area contributed by atoms with Gasteiger partial charge in [-0.15, -0.1) is 0 Å². The van der Waals surface area contributed by atoms with Gasteiger partial charge in [-0.2, -0.15) is 0 Å². The Labute approximate surface area is 72.0 Å². The Morgan fingerprint density at radius 1 is 1.42 bits per heavy atom. The SMILES string of the molecule is CCC(NC(=O)C(=O)O)C(C)C. The Morgan fingerprint density at radius 3 is 2.17 bits per heavy atom. The second-order valence-corrected chi connectivity index (χ2v) is 3.04. The minimum atomic E-state index is -1.42. The number of nitrogens with one attached hydrogen (secondary N) is 1. The van der Waals surface area contributed by atoms with E-state index in [4.69, 9.17) is 5.11 Å². The van der Waals surface area contributed by atoms with Crippen LogP contribution in [0.4, 0.5) is 0 Å². The summed E-state index contributed by atoms with van der Waals surface area (Å²) in [5.41, 5.74) is 0. The van der Waals surface area contributed by atoms with E-state index in [-0.39, 0.29) is 12.0 Å². The summed E-state index contributed by atoms with van der Waals surface area (Å²) in [4.78, 5) is 20.9. The average molecular weight is 173 g/mol. The van der Waals surface area contributed by atoms with Crippen molar-refractivity contribution in [3.63, 3.8) is 0 Å². The van der Waals surface area contributed by atoms with Crippen LogP contribution < -0.4 is 5.32 Å². The molecule has 2 N–H and O–H groups in total. The van der Waals surface area contributed by atoms with Gasteiger partial charge in [-0.3, -0.25) is 4.79 Å².